The maximum atomic E-state index is 11.7. The predicted octanol–water partition coefficient (Wildman–Crippen LogP) is 2.09. The van der Waals surface area contributed by atoms with Gasteiger partial charge in [-0.15, -0.1) is 0 Å². The van der Waals surface area contributed by atoms with Crippen molar-refractivity contribution in [3.8, 4) is 0 Å². The maximum absolute atomic E-state index is 11.7. The molecule has 0 saturated carbocycles. The molecule has 0 aromatic heterocycles. The lowest BCUT2D eigenvalue weighted by molar-refractivity contribution is 0.252. The Morgan fingerprint density at radius 3 is 2.26 bits per heavy atom. The molecule has 0 bridgehead atoms. The summed E-state index contributed by atoms with van der Waals surface area (Å²) in [5.74, 6) is 0. The highest BCUT2D eigenvalue weighted by molar-refractivity contribution is 7.89. The minimum atomic E-state index is -3.65. The summed E-state index contributed by atoms with van der Waals surface area (Å²) >= 11 is 0. The van der Waals surface area contributed by atoms with Gasteiger partial charge in [0.1, 0.15) is 0 Å². The number of sulfonamides is 1. The van der Waals surface area contributed by atoms with Crippen LogP contribution in [0.4, 0.5) is 10.5 Å². The van der Waals surface area contributed by atoms with Crippen LogP contribution in [0.2, 0.25) is 0 Å². The minimum absolute atomic E-state index is 0.0987. The second-order valence-corrected chi connectivity index (χ2v) is 6.60. The fourth-order valence-electron chi connectivity index (χ4n) is 2.04. The number of aryl methyl sites for hydroxylation is 1. The number of nitrogens with two attached hydrogens (primary N) is 1. The quantitative estimate of drug-likeness (QED) is 0.705. The normalized spacial score (nSPS) is 11.0. The number of hydrogen-bond acceptors (Lipinski definition) is 3. The topological polar surface area (TPSA) is 101 Å². The average Bonchev–Trinajstić information content (AvgIpc) is 2.52. The van der Waals surface area contributed by atoms with Crippen LogP contribution < -0.4 is 15.8 Å². The summed E-state index contributed by atoms with van der Waals surface area (Å²) in [6.45, 7) is 0.523. The molecule has 0 unspecified atom stereocenters. The van der Waals surface area contributed by atoms with E-state index in [-0.39, 0.29) is 10.9 Å². The summed E-state index contributed by atoms with van der Waals surface area (Å²) < 4.78 is 22.3. The van der Waals surface area contributed by atoms with Crippen LogP contribution in [0.1, 0.15) is 12.0 Å². The standard InChI is InChI=1S/C16H19N3O3S/c17-23(21,22)15-10-8-13(9-11-15)5-4-12-18-16(20)19-14-6-2-1-3-7-14/h1-3,6-11H,4-5,12H2,(H2,17,21,22)(H2,18,19,20). The first-order valence-electron chi connectivity index (χ1n) is 7.17. The van der Waals surface area contributed by atoms with Gasteiger partial charge < -0.3 is 10.6 Å². The highest BCUT2D eigenvalue weighted by Crippen LogP contribution is 2.10. The zero-order chi connectivity index (χ0) is 16.7. The van der Waals surface area contributed by atoms with Crippen LogP contribution in [0.15, 0.2) is 59.5 Å². The van der Waals surface area contributed by atoms with E-state index in [1.54, 1.807) is 12.1 Å². The first-order chi connectivity index (χ1) is 10.9. The van der Waals surface area contributed by atoms with Gasteiger partial charge >= 0.3 is 6.03 Å². The van der Waals surface area contributed by atoms with Crippen molar-refractivity contribution in [3.63, 3.8) is 0 Å². The van der Waals surface area contributed by atoms with Crippen molar-refractivity contribution in [1.29, 1.82) is 0 Å². The van der Waals surface area contributed by atoms with Crippen LogP contribution in [0, 0.1) is 0 Å². The second-order valence-electron chi connectivity index (χ2n) is 5.04. The SMILES string of the molecule is NS(=O)(=O)c1ccc(CCCNC(=O)Nc2ccccc2)cc1. The summed E-state index contributed by atoms with van der Waals surface area (Å²) in [6.07, 6.45) is 1.48. The third-order valence-corrected chi connectivity index (χ3v) is 4.14. The lowest BCUT2D eigenvalue weighted by atomic mass is 10.1. The Kier molecular flexibility index (Phi) is 5.72. The number of carbonyl (C=O) groups is 1. The van der Waals surface area contributed by atoms with E-state index in [2.05, 4.69) is 10.6 Å². The molecular weight excluding hydrogens is 314 g/mol. The monoisotopic (exact) mass is 333 g/mol. The van der Waals surface area contributed by atoms with Gasteiger partial charge in [-0.05, 0) is 42.7 Å². The highest BCUT2D eigenvalue weighted by Gasteiger charge is 2.06. The van der Waals surface area contributed by atoms with Gasteiger partial charge in [-0.3, -0.25) is 0 Å². The summed E-state index contributed by atoms with van der Waals surface area (Å²) in [5.41, 5.74) is 1.73. The summed E-state index contributed by atoms with van der Waals surface area (Å²) in [4.78, 5) is 11.8. The Labute approximate surface area is 135 Å². The van der Waals surface area contributed by atoms with Crippen LogP contribution in [-0.4, -0.2) is 21.0 Å². The molecule has 0 radical (unpaired) electrons. The molecule has 0 aliphatic heterocycles. The number of anilines is 1. The van der Waals surface area contributed by atoms with Gasteiger partial charge in [-0.2, -0.15) is 0 Å². The molecule has 0 saturated heterocycles. The van der Waals surface area contributed by atoms with E-state index >= 15 is 0 Å². The Hall–Kier alpha value is -2.38. The molecule has 6 nitrogen and oxygen atoms in total. The molecule has 122 valence electrons. The van der Waals surface area contributed by atoms with Crippen molar-refractivity contribution in [3.05, 3.63) is 60.2 Å². The molecular formula is C16H19N3O3S. The van der Waals surface area contributed by atoms with E-state index in [9.17, 15) is 13.2 Å². The average molecular weight is 333 g/mol. The number of benzene rings is 2. The van der Waals surface area contributed by atoms with E-state index in [1.165, 1.54) is 12.1 Å². The molecule has 2 amide bonds. The van der Waals surface area contributed by atoms with Gasteiger partial charge in [0.25, 0.3) is 0 Å². The van der Waals surface area contributed by atoms with Gasteiger partial charge in [0.15, 0.2) is 0 Å². The van der Waals surface area contributed by atoms with Gasteiger partial charge in [0.05, 0.1) is 4.90 Å². The first kappa shape index (κ1) is 17.0. The largest absolute Gasteiger partial charge is 0.338 e. The van der Waals surface area contributed by atoms with Crippen molar-refractivity contribution >= 4 is 21.7 Å². The van der Waals surface area contributed by atoms with Gasteiger partial charge in [0, 0.05) is 12.2 Å². The van der Waals surface area contributed by atoms with Crippen LogP contribution >= 0.6 is 0 Å². The van der Waals surface area contributed by atoms with Crippen molar-refractivity contribution in [2.45, 2.75) is 17.7 Å². The minimum Gasteiger partial charge on any atom is -0.338 e. The van der Waals surface area contributed by atoms with E-state index < -0.39 is 10.0 Å². The molecule has 0 heterocycles. The first-order valence-corrected chi connectivity index (χ1v) is 8.71. The molecule has 0 fully saturated rings. The molecule has 0 atom stereocenters. The van der Waals surface area contributed by atoms with E-state index in [4.69, 9.17) is 5.14 Å². The lowest BCUT2D eigenvalue weighted by Crippen LogP contribution is -2.29. The Balaban J connectivity index is 1.72. The van der Waals surface area contributed by atoms with Crippen molar-refractivity contribution in [1.82, 2.24) is 5.32 Å². The van der Waals surface area contributed by atoms with Gasteiger partial charge in [-0.25, -0.2) is 18.4 Å². The Bertz CT molecular complexity index is 744. The summed E-state index contributed by atoms with van der Waals surface area (Å²) in [6, 6.07) is 15.4. The molecule has 0 aliphatic rings. The van der Waals surface area contributed by atoms with Crippen LogP contribution in [0.25, 0.3) is 0 Å². The van der Waals surface area contributed by atoms with Gasteiger partial charge in [0.2, 0.25) is 10.0 Å². The third-order valence-electron chi connectivity index (χ3n) is 3.21. The molecule has 7 heteroatoms. The highest BCUT2D eigenvalue weighted by atomic mass is 32.2. The number of amides is 2. The Morgan fingerprint density at radius 2 is 1.65 bits per heavy atom. The molecule has 2 aromatic rings. The zero-order valence-electron chi connectivity index (χ0n) is 12.5. The number of primary sulfonamides is 1. The van der Waals surface area contributed by atoms with E-state index in [0.29, 0.717) is 6.54 Å². The van der Waals surface area contributed by atoms with Crippen LogP contribution in [0.3, 0.4) is 0 Å². The summed E-state index contributed by atoms with van der Waals surface area (Å²) in [7, 11) is -3.65. The molecule has 2 aromatic carbocycles. The molecule has 4 N–H and O–H groups in total. The van der Waals surface area contributed by atoms with Gasteiger partial charge in [-0.1, -0.05) is 30.3 Å². The fraction of sp³-hybridized carbons (Fsp3) is 0.188. The van der Waals surface area contributed by atoms with E-state index in [0.717, 1.165) is 24.1 Å². The van der Waals surface area contributed by atoms with Crippen molar-refractivity contribution in [2.75, 3.05) is 11.9 Å². The number of rotatable bonds is 6. The van der Waals surface area contributed by atoms with E-state index in [1.807, 2.05) is 30.3 Å². The van der Waals surface area contributed by atoms with Crippen LogP contribution in [0.5, 0.6) is 0 Å². The lowest BCUT2D eigenvalue weighted by Gasteiger charge is -2.07. The molecule has 2 rings (SSSR count). The number of nitrogens with one attached hydrogen (secondary N) is 2. The molecule has 0 aliphatic carbocycles. The summed E-state index contributed by atoms with van der Waals surface area (Å²) in [5, 5.41) is 10.5. The second kappa shape index (κ2) is 7.75. The van der Waals surface area contributed by atoms with Crippen molar-refractivity contribution < 1.29 is 13.2 Å². The Morgan fingerprint density at radius 1 is 1.00 bits per heavy atom. The molecule has 0 spiro atoms. The molecule has 23 heavy (non-hydrogen) atoms. The zero-order valence-corrected chi connectivity index (χ0v) is 13.3. The fourth-order valence-corrected chi connectivity index (χ4v) is 2.55. The predicted molar refractivity (Wildman–Crippen MR) is 89.6 cm³/mol. The third kappa shape index (κ3) is 5.72. The van der Waals surface area contributed by atoms with Crippen LogP contribution in [-0.2, 0) is 16.4 Å². The maximum Gasteiger partial charge on any atom is 0.319 e. The number of urea groups is 1. The van der Waals surface area contributed by atoms with Crippen molar-refractivity contribution in [2.24, 2.45) is 5.14 Å². The number of carbonyl (C=O) groups excluding carboxylic acids is 1. The number of hydrogen-bond donors (Lipinski definition) is 3. The smallest absolute Gasteiger partial charge is 0.319 e. The number of para-hydroxylation sites is 1.